The molecule has 9 heteroatoms. The Hall–Kier alpha value is -3.33. The molecule has 2 saturated heterocycles. The fourth-order valence-electron chi connectivity index (χ4n) is 6.64. The number of aromatic nitrogens is 1. The first-order valence-electron chi connectivity index (χ1n) is 14.9. The van der Waals surface area contributed by atoms with E-state index in [2.05, 4.69) is 40.1 Å². The quantitative estimate of drug-likeness (QED) is 0.499. The molecule has 1 aliphatic carbocycles. The summed E-state index contributed by atoms with van der Waals surface area (Å²) < 4.78 is 2.21. The molecule has 216 valence electrons. The van der Waals surface area contributed by atoms with Gasteiger partial charge in [0.15, 0.2) is 0 Å². The number of urea groups is 1. The summed E-state index contributed by atoms with van der Waals surface area (Å²) in [6, 6.07) is 5.40. The number of anilines is 1. The molecule has 3 atom stereocenters. The molecule has 2 aromatic rings. The minimum absolute atomic E-state index is 0.00240. The van der Waals surface area contributed by atoms with Crippen LogP contribution in [-0.4, -0.2) is 84.1 Å². The normalized spacial score (nSPS) is 21.7. The topological polar surface area (TPSA) is 89.9 Å². The maximum Gasteiger partial charge on any atom is 0.324 e. The molecule has 5 rings (SSSR count). The number of rotatable bonds is 9. The minimum Gasteiger partial charge on any atom is -0.343 e. The number of likely N-dealkylation sites (tertiary alicyclic amines) is 1. The van der Waals surface area contributed by atoms with Crippen molar-refractivity contribution in [3.05, 3.63) is 36.5 Å². The van der Waals surface area contributed by atoms with Gasteiger partial charge in [-0.2, -0.15) is 0 Å². The highest BCUT2D eigenvalue weighted by molar-refractivity contribution is 6.04. The van der Waals surface area contributed by atoms with Gasteiger partial charge >= 0.3 is 6.03 Å². The van der Waals surface area contributed by atoms with Crippen molar-refractivity contribution < 1.29 is 14.4 Å². The molecule has 40 heavy (non-hydrogen) atoms. The molecule has 4 amide bonds. The lowest BCUT2D eigenvalue weighted by Gasteiger charge is -2.35. The maximum absolute atomic E-state index is 14.1. The smallest absolute Gasteiger partial charge is 0.324 e. The summed E-state index contributed by atoms with van der Waals surface area (Å²) >= 11 is 0. The average Bonchev–Trinajstić information content (AvgIpc) is 3.68. The van der Waals surface area contributed by atoms with E-state index in [4.69, 9.17) is 0 Å². The highest BCUT2D eigenvalue weighted by atomic mass is 16.2. The molecule has 1 aromatic heterocycles. The molecule has 3 heterocycles. The van der Waals surface area contributed by atoms with Gasteiger partial charge in [-0.15, -0.1) is 0 Å². The van der Waals surface area contributed by atoms with E-state index in [1.54, 1.807) is 11.9 Å². The Balaban J connectivity index is 1.42. The van der Waals surface area contributed by atoms with Crippen LogP contribution in [0.1, 0.15) is 57.4 Å². The number of carbonyl (C=O) groups excluding carboxylic acids is 3. The summed E-state index contributed by atoms with van der Waals surface area (Å²) in [6.45, 7) is 8.44. The molecular formula is C31H44N6O3. The second kappa shape index (κ2) is 12.0. The highest BCUT2D eigenvalue weighted by Crippen LogP contribution is 2.34. The molecule has 0 radical (unpaired) electrons. The number of amides is 4. The Labute approximate surface area is 237 Å². The van der Waals surface area contributed by atoms with E-state index >= 15 is 0 Å². The van der Waals surface area contributed by atoms with Crippen LogP contribution < -0.4 is 15.5 Å². The number of likely N-dealkylation sites (N-methyl/N-ethyl adjacent to an activating group) is 2. The van der Waals surface area contributed by atoms with Crippen LogP contribution in [0.5, 0.6) is 0 Å². The maximum atomic E-state index is 14.1. The molecule has 3 aliphatic rings. The molecule has 1 saturated carbocycles. The predicted molar refractivity (Wildman–Crippen MR) is 159 cm³/mol. The molecule has 9 nitrogen and oxygen atoms in total. The summed E-state index contributed by atoms with van der Waals surface area (Å²) in [7, 11) is 3.59. The SMILES string of the molecule is C=Cc1ccc2c(c1)c(N1CCN(C)C1=O)cn2C[C@@H]1CCCN1C(=O)[C@@H](NC(=O)[C@H](C)NC)C1CCCCC1. The zero-order valence-corrected chi connectivity index (χ0v) is 24.2. The zero-order valence-electron chi connectivity index (χ0n) is 24.2. The van der Waals surface area contributed by atoms with Gasteiger partial charge in [0.2, 0.25) is 11.8 Å². The largest absolute Gasteiger partial charge is 0.343 e. The van der Waals surface area contributed by atoms with Crippen LogP contribution in [0.3, 0.4) is 0 Å². The van der Waals surface area contributed by atoms with Crippen LogP contribution in [-0.2, 0) is 16.1 Å². The second-order valence-electron chi connectivity index (χ2n) is 11.7. The lowest BCUT2D eigenvalue weighted by molar-refractivity contribution is -0.139. The van der Waals surface area contributed by atoms with Gasteiger partial charge in [0, 0.05) is 50.9 Å². The molecule has 0 spiro atoms. The predicted octanol–water partition coefficient (Wildman–Crippen LogP) is 3.82. The minimum atomic E-state index is -0.492. The van der Waals surface area contributed by atoms with Crippen molar-refractivity contribution in [1.82, 2.24) is 25.0 Å². The van der Waals surface area contributed by atoms with Crippen LogP contribution in [0.4, 0.5) is 10.5 Å². The van der Waals surface area contributed by atoms with Gasteiger partial charge in [0.05, 0.1) is 17.2 Å². The average molecular weight is 549 g/mol. The van der Waals surface area contributed by atoms with Crippen LogP contribution in [0.15, 0.2) is 31.0 Å². The third-order valence-electron chi connectivity index (χ3n) is 9.21. The zero-order chi connectivity index (χ0) is 28.4. The molecule has 3 fully saturated rings. The van der Waals surface area contributed by atoms with E-state index in [0.717, 1.165) is 60.7 Å². The Kier molecular flexibility index (Phi) is 8.49. The third kappa shape index (κ3) is 5.48. The lowest BCUT2D eigenvalue weighted by atomic mass is 9.83. The van der Waals surface area contributed by atoms with Crippen molar-refractivity contribution in [3.8, 4) is 0 Å². The third-order valence-corrected chi connectivity index (χ3v) is 9.21. The summed E-state index contributed by atoms with van der Waals surface area (Å²) in [6.07, 6.45) is 11.1. The molecule has 0 unspecified atom stereocenters. The van der Waals surface area contributed by atoms with Gasteiger partial charge in [-0.1, -0.05) is 38.0 Å². The van der Waals surface area contributed by atoms with Crippen LogP contribution in [0.25, 0.3) is 17.0 Å². The van der Waals surface area contributed by atoms with E-state index in [0.29, 0.717) is 26.2 Å². The molecular weight excluding hydrogens is 504 g/mol. The Morgan fingerprint density at radius 1 is 1.10 bits per heavy atom. The second-order valence-corrected chi connectivity index (χ2v) is 11.7. The van der Waals surface area contributed by atoms with Gasteiger partial charge < -0.3 is 25.0 Å². The first kappa shape index (κ1) is 28.2. The lowest BCUT2D eigenvalue weighted by Crippen LogP contribution is -2.56. The Morgan fingerprint density at radius 2 is 1.88 bits per heavy atom. The van der Waals surface area contributed by atoms with Crippen molar-refractivity contribution in [2.45, 2.75) is 76.5 Å². The standard InChI is InChI=1S/C31H44N6O3/c1-5-22-13-14-26-25(18-22)27(37-17-16-34(4)31(37)40)20-35(26)19-24-12-9-15-36(24)30(39)28(23-10-7-6-8-11-23)33-29(38)21(2)32-3/h5,13-14,18,20-21,23-24,28,32H,1,6-12,15-17,19H2,2-4H3,(H,33,38)/t21-,24-,28-/m0/s1. The van der Waals surface area contributed by atoms with Gasteiger partial charge in [-0.3, -0.25) is 14.5 Å². The van der Waals surface area contributed by atoms with E-state index in [-0.39, 0.29) is 35.8 Å². The number of hydrogen-bond acceptors (Lipinski definition) is 4. The van der Waals surface area contributed by atoms with Crippen molar-refractivity contribution in [2.75, 3.05) is 38.6 Å². The fraction of sp³-hybridized carbons (Fsp3) is 0.581. The van der Waals surface area contributed by atoms with Crippen LogP contribution in [0.2, 0.25) is 0 Å². The highest BCUT2D eigenvalue weighted by Gasteiger charge is 2.39. The molecule has 2 N–H and O–H groups in total. The number of hydrogen-bond donors (Lipinski definition) is 2. The van der Waals surface area contributed by atoms with Crippen molar-refractivity contribution >= 4 is 40.5 Å². The molecule has 0 bridgehead atoms. The first-order chi connectivity index (χ1) is 19.3. The monoisotopic (exact) mass is 548 g/mol. The first-order valence-corrected chi connectivity index (χ1v) is 14.9. The van der Waals surface area contributed by atoms with Crippen LogP contribution >= 0.6 is 0 Å². The van der Waals surface area contributed by atoms with Crippen molar-refractivity contribution in [1.29, 1.82) is 0 Å². The number of nitrogens with zero attached hydrogens (tertiary/aromatic N) is 4. The summed E-state index contributed by atoms with van der Waals surface area (Å²) in [5.74, 6) is 0.0968. The van der Waals surface area contributed by atoms with Crippen molar-refractivity contribution in [3.63, 3.8) is 0 Å². The number of benzene rings is 1. The molecule has 1 aromatic carbocycles. The van der Waals surface area contributed by atoms with E-state index < -0.39 is 6.04 Å². The van der Waals surface area contributed by atoms with E-state index in [1.165, 1.54) is 6.42 Å². The van der Waals surface area contributed by atoms with Gasteiger partial charge in [0.25, 0.3) is 0 Å². The summed E-state index contributed by atoms with van der Waals surface area (Å²) in [4.78, 5) is 45.6. The van der Waals surface area contributed by atoms with Crippen molar-refractivity contribution in [2.24, 2.45) is 5.92 Å². The Bertz CT molecular complexity index is 1270. The van der Waals surface area contributed by atoms with E-state index in [9.17, 15) is 14.4 Å². The van der Waals surface area contributed by atoms with Crippen LogP contribution in [0, 0.1) is 5.92 Å². The van der Waals surface area contributed by atoms with Gasteiger partial charge in [-0.25, -0.2) is 4.79 Å². The number of carbonyl (C=O) groups is 3. The van der Waals surface area contributed by atoms with E-state index in [1.807, 2.05) is 35.9 Å². The fourth-order valence-corrected chi connectivity index (χ4v) is 6.64. The van der Waals surface area contributed by atoms with Gasteiger partial charge in [0.1, 0.15) is 6.04 Å². The number of nitrogens with one attached hydrogen (secondary N) is 2. The summed E-state index contributed by atoms with van der Waals surface area (Å²) in [5.41, 5.74) is 2.95. The molecule has 2 aliphatic heterocycles. The Morgan fingerprint density at radius 3 is 2.55 bits per heavy atom. The number of fused-ring (bicyclic) bond motifs is 1. The summed E-state index contributed by atoms with van der Waals surface area (Å²) in [5, 5.41) is 7.15. The van der Waals surface area contributed by atoms with Gasteiger partial charge in [-0.05, 0) is 63.3 Å².